The van der Waals surface area contributed by atoms with Crippen LogP contribution in [0.1, 0.15) is 21.6 Å². The molecule has 4 nitrogen and oxygen atoms in total. The molecule has 0 spiro atoms. The molecule has 0 unspecified atom stereocenters. The number of likely N-dealkylation sites (N-methyl/N-ethyl adjacent to an activating group) is 1. The summed E-state index contributed by atoms with van der Waals surface area (Å²) in [6, 6.07) is 4.09. The van der Waals surface area contributed by atoms with Gasteiger partial charge in [-0.2, -0.15) is 0 Å². The van der Waals surface area contributed by atoms with E-state index in [-0.39, 0.29) is 11.9 Å². The van der Waals surface area contributed by atoms with Crippen molar-refractivity contribution < 1.29 is 4.79 Å². The molecule has 108 valence electrons. The van der Waals surface area contributed by atoms with Gasteiger partial charge in [0.25, 0.3) is 0 Å². The summed E-state index contributed by atoms with van der Waals surface area (Å²) in [6.07, 6.45) is 0.795. The molecule has 1 N–H and O–H groups in total. The van der Waals surface area contributed by atoms with Gasteiger partial charge >= 0.3 is 0 Å². The van der Waals surface area contributed by atoms with E-state index >= 15 is 0 Å². The third-order valence-corrected chi connectivity index (χ3v) is 4.69. The Labute approximate surface area is 127 Å². The van der Waals surface area contributed by atoms with Crippen LogP contribution < -0.4 is 5.32 Å². The maximum atomic E-state index is 12.0. The number of thiazole rings is 1. The summed E-state index contributed by atoms with van der Waals surface area (Å²) in [5.41, 5.74) is 1.00. The third-order valence-electron chi connectivity index (χ3n) is 2.72. The van der Waals surface area contributed by atoms with Gasteiger partial charge in [0.1, 0.15) is 5.01 Å². The maximum Gasteiger partial charge on any atom is 0.234 e. The van der Waals surface area contributed by atoms with Crippen molar-refractivity contribution in [1.82, 2.24) is 15.2 Å². The van der Waals surface area contributed by atoms with Gasteiger partial charge in [-0.15, -0.1) is 22.7 Å². The first kappa shape index (κ1) is 15.2. The predicted octanol–water partition coefficient (Wildman–Crippen LogP) is 2.47. The summed E-state index contributed by atoms with van der Waals surface area (Å²) >= 11 is 3.31. The number of hydrogen-bond donors (Lipinski definition) is 1. The molecular formula is C14H19N3OS2. The van der Waals surface area contributed by atoms with Crippen LogP contribution in [-0.2, 0) is 11.2 Å². The number of rotatable bonds is 6. The number of aromatic nitrogens is 1. The highest BCUT2D eigenvalue weighted by Crippen LogP contribution is 2.24. The van der Waals surface area contributed by atoms with Crippen molar-refractivity contribution >= 4 is 28.6 Å². The molecule has 0 radical (unpaired) electrons. The lowest BCUT2D eigenvalue weighted by atomic mass is 10.2. The van der Waals surface area contributed by atoms with Gasteiger partial charge in [0.05, 0.1) is 12.6 Å². The Hall–Kier alpha value is -1.24. The zero-order chi connectivity index (χ0) is 14.5. The lowest BCUT2D eigenvalue weighted by Gasteiger charge is -2.17. The van der Waals surface area contributed by atoms with Crippen LogP contribution in [0.25, 0.3) is 0 Å². The molecule has 2 aromatic rings. The first-order valence-electron chi connectivity index (χ1n) is 6.43. The average molecular weight is 309 g/mol. The van der Waals surface area contributed by atoms with Crippen molar-refractivity contribution in [3.8, 4) is 0 Å². The first-order valence-corrected chi connectivity index (χ1v) is 8.19. The molecule has 0 saturated heterocycles. The van der Waals surface area contributed by atoms with Crippen LogP contribution in [0.3, 0.4) is 0 Å². The van der Waals surface area contributed by atoms with Crippen LogP contribution in [0.2, 0.25) is 0 Å². The Morgan fingerprint density at radius 3 is 2.80 bits per heavy atom. The molecular weight excluding hydrogens is 290 g/mol. The molecule has 0 aromatic carbocycles. The van der Waals surface area contributed by atoms with E-state index in [4.69, 9.17) is 0 Å². The van der Waals surface area contributed by atoms with E-state index in [0.29, 0.717) is 6.54 Å². The molecule has 0 bridgehead atoms. The molecule has 0 fully saturated rings. The van der Waals surface area contributed by atoms with Crippen LogP contribution in [0, 0.1) is 6.92 Å². The number of amides is 1. The standard InChI is InChI=1S/C14H19N3OS2/c1-10-9-20-14(15-10)12(7-11-5-4-6-19-11)16-13(18)8-17(2)3/h4-6,9,12H,7-8H2,1-3H3,(H,16,18)/t12-/m0/s1. The number of thiophene rings is 1. The molecule has 6 heteroatoms. The summed E-state index contributed by atoms with van der Waals surface area (Å²) < 4.78 is 0. The largest absolute Gasteiger partial charge is 0.345 e. The highest BCUT2D eigenvalue weighted by molar-refractivity contribution is 7.10. The topological polar surface area (TPSA) is 45.2 Å². The minimum atomic E-state index is -0.0419. The number of aryl methyl sites for hydroxylation is 1. The normalized spacial score (nSPS) is 12.6. The Morgan fingerprint density at radius 2 is 2.25 bits per heavy atom. The number of nitrogens with zero attached hydrogens (tertiary/aromatic N) is 2. The molecule has 2 aromatic heterocycles. The SMILES string of the molecule is Cc1csc([C@H](Cc2cccs2)NC(=O)CN(C)C)n1. The number of nitrogens with one attached hydrogen (secondary N) is 1. The summed E-state index contributed by atoms with van der Waals surface area (Å²) in [6.45, 7) is 2.37. The van der Waals surface area contributed by atoms with Gasteiger partial charge in [0, 0.05) is 22.4 Å². The summed E-state index contributed by atoms with van der Waals surface area (Å²) in [5.74, 6) is 0.0319. The monoisotopic (exact) mass is 309 g/mol. The quantitative estimate of drug-likeness (QED) is 0.891. The second kappa shape index (κ2) is 6.97. The molecule has 20 heavy (non-hydrogen) atoms. The molecule has 0 saturated carbocycles. The van der Waals surface area contributed by atoms with E-state index in [1.165, 1.54) is 4.88 Å². The van der Waals surface area contributed by atoms with Crippen molar-refractivity contribution in [2.24, 2.45) is 0 Å². The van der Waals surface area contributed by atoms with E-state index in [9.17, 15) is 4.79 Å². The Bertz CT molecular complexity index is 549. The number of hydrogen-bond acceptors (Lipinski definition) is 5. The molecule has 2 heterocycles. The van der Waals surface area contributed by atoms with Gasteiger partial charge in [-0.3, -0.25) is 4.79 Å². The lowest BCUT2D eigenvalue weighted by Crippen LogP contribution is -2.36. The predicted molar refractivity (Wildman–Crippen MR) is 84.3 cm³/mol. The molecule has 1 atom stereocenters. The maximum absolute atomic E-state index is 12.0. The van der Waals surface area contributed by atoms with Crippen molar-refractivity contribution in [3.63, 3.8) is 0 Å². The average Bonchev–Trinajstić information content (AvgIpc) is 2.98. The highest BCUT2D eigenvalue weighted by atomic mass is 32.1. The Balaban J connectivity index is 2.09. The summed E-state index contributed by atoms with van der Waals surface area (Å²) in [5, 5.41) is 8.14. The second-order valence-corrected chi connectivity index (χ2v) is 6.89. The smallest absolute Gasteiger partial charge is 0.234 e. The fraction of sp³-hybridized carbons (Fsp3) is 0.429. The van der Waals surface area contributed by atoms with Gasteiger partial charge in [-0.1, -0.05) is 6.07 Å². The molecule has 1 amide bonds. The minimum absolute atomic E-state index is 0.0319. The molecule has 0 aliphatic heterocycles. The number of carbonyl (C=O) groups is 1. The van der Waals surface area contributed by atoms with E-state index in [1.807, 2.05) is 37.4 Å². The summed E-state index contributed by atoms with van der Waals surface area (Å²) in [4.78, 5) is 19.6. The van der Waals surface area contributed by atoms with Crippen molar-refractivity contribution in [3.05, 3.63) is 38.5 Å². The zero-order valence-electron chi connectivity index (χ0n) is 11.9. The fourth-order valence-corrected chi connectivity index (χ4v) is 3.49. The van der Waals surface area contributed by atoms with Crippen LogP contribution >= 0.6 is 22.7 Å². The zero-order valence-corrected chi connectivity index (χ0v) is 13.6. The van der Waals surface area contributed by atoms with E-state index in [1.54, 1.807) is 22.7 Å². The van der Waals surface area contributed by atoms with Crippen LogP contribution in [0.15, 0.2) is 22.9 Å². The van der Waals surface area contributed by atoms with Gasteiger partial charge in [-0.25, -0.2) is 4.98 Å². The van der Waals surface area contributed by atoms with Crippen molar-refractivity contribution in [1.29, 1.82) is 0 Å². The second-order valence-electron chi connectivity index (χ2n) is 4.97. The van der Waals surface area contributed by atoms with E-state index in [2.05, 4.69) is 21.7 Å². The van der Waals surface area contributed by atoms with E-state index in [0.717, 1.165) is 17.1 Å². The molecule has 2 rings (SSSR count). The van der Waals surface area contributed by atoms with Gasteiger partial charge in [0.15, 0.2) is 0 Å². The van der Waals surface area contributed by atoms with Gasteiger partial charge in [-0.05, 0) is 32.5 Å². The fourth-order valence-electron chi connectivity index (χ4n) is 1.89. The van der Waals surface area contributed by atoms with Crippen molar-refractivity contribution in [2.45, 2.75) is 19.4 Å². The van der Waals surface area contributed by atoms with Crippen LogP contribution in [-0.4, -0.2) is 36.4 Å². The van der Waals surface area contributed by atoms with Crippen LogP contribution in [0.4, 0.5) is 0 Å². The highest BCUT2D eigenvalue weighted by Gasteiger charge is 2.19. The molecule has 0 aliphatic carbocycles. The Kier molecular flexibility index (Phi) is 5.28. The van der Waals surface area contributed by atoms with Gasteiger partial charge < -0.3 is 10.2 Å². The van der Waals surface area contributed by atoms with E-state index < -0.39 is 0 Å². The minimum Gasteiger partial charge on any atom is -0.345 e. The first-order chi connectivity index (χ1) is 9.54. The van der Waals surface area contributed by atoms with Crippen LogP contribution in [0.5, 0.6) is 0 Å². The summed E-state index contributed by atoms with van der Waals surface area (Å²) in [7, 11) is 3.78. The third kappa shape index (κ3) is 4.40. The van der Waals surface area contributed by atoms with Gasteiger partial charge in [0.2, 0.25) is 5.91 Å². The Morgan fingerprint density at radius 1 is 1.45 bits per heavy atom. The number of carbonyl (C=O) groups excluding carboxylic acids is 1. The molecule has 0 aliphatic rings. The van der Waals surface area contributed by atoms with Crippen molar-refractivity contribution in [2.75, 3.05) is 20.6 Å². The lowest BCUT2D eigenvalue weighted by molar-refractivity contribution is -0.122.